The van der Waals surface area contributed by atoms with Crippen LogP contribution in [0.4, 0.5) is 4.79 Å². The number of carbonyl (C=O) groups is 4. The molecular weight excluding hydrogens is 620 g/mol. The van der Waals surface area contributed by atoms with Crippen molar-refractivity contribution in [3.63, 3.8) is 0 Å². The van der Waals surface area contributed by atoms with Crippen LogP contribution >= 0.6 is 11.8 Å². The van der Waals surface area contributed by atoms with Crippen LogP contribution in [0.2, 0.25) is 0 Å². The van der Waals surface area contributed by atoms with Gasteiger partial charge in [0.1, 0.15) is 24.2 Å². The highest BCUT2D eigenvalue weighted by Gasteiger charge is 2.61. The molecule has 3 aliphatic heterocycles. The molecular formula is C31H48N4O8S2. The molecule has 3 N–H and O–H groups in total. The first-order valence-corrected chi connectivity index (χ1v) is 18.4. The van der Waals surface area contributed by atoms with Crippen molar-refractivity contribution in [2.24, 2.45) is 11.3 Å². The number of allylic oxidation sites excluding steroid dienone is 2. The van der Waals surface area contributed by atoms with E-state index in [1.807, 2.05) is 32.9 Å². The van der Waals surface area contributed by atoms with Gasteiger partial charge in [0, 0.05) is 35.1 Å². The van der Waals surface area contributed by atoms with Gasteiger partial charge in [0.05, 0.1) is 11.4 Å². The number of alkyl carbamates (subject to hydrolysis) is 1. The van der Waals surface area contributed by atoms with E-state index in [9.17, 15) is 32.7 Å². The normalized spacial score (nSPS) is 26.6. The molecule has 14 heteroatoms. The smallest absolute Gasteiger partial charge is 0.407 e. The van der Waals surface area contributed by atoms with E-state index in [-0.39, 0.29) is 19.0 Å². The molecule has 1 saturated carbocycles. The van der Waals surface area contributed by atoms with Crippen molar-refractivity contribution in [3.05, 3.63) is 22.0 Å². The Morgan fingerprint density at radius 2 is 1.96 bits per heavy atom. The molecule has 3 amide bonds. The number of carboxylic acids is 1. The second-order valence-corrected chi connectivity index (χ2v) is 16.6. The molecule has 4 aliphatic rings. The molecule has 0 aromatic carbocycles. The summed E-state index contributed by atoms with van der Waals surface area (Å²) in [7, 11) is -3.59. The minimum absolute atomic E-state index is 0.00447. The van der Waals surface area contributed by atoms with Gasteiger partial charge in [0.15, 0.2) is 0 Å². The quantitative estimate of drug-likeness (QED) is 0.186. The fraction of sp³-hybridized carbons (Fsp3) is 0.742. The number of hydrogen-bond acceptors (Lipinski definition) is 8. The topological polar surface area (TPSA) is 162 Å². The van der Waals surface area contributed by atoms with Gasteiger partial charge in [-0.05, 0) is 38.5 Å². The second-order valence-electron chi connectivity index (χ2n) is 13.5. The first-order chi connectivity index (χ1) is 21.2. The van der Waals surface area contributed by atoms with Crippen molar-refractivity contribution in [2.45, 2.75) is 103 Å². The van der Waals surface area contributed by atoms with E-state index in [0.29, 0.717) is 37.1 Å². The Balaban J connectivity index is 1.28. The molecule has 4 atom stereocenters. The summed E-state index contributed by atoms with van der Waals surface area (Å²) in [6.07, 6.45) is 9.35. The van der Waals surface area contributed by atoms with Crippen molar-refractivity contribution in [1.29, 1.82) is 0 Å². The Morgan fingerprint density at radius 3 is 2.62 bits per heavy atom. The zero-order chi connectivity index (χ0) is 33.0. The third kappa shape index (κ3) is 8.23. The lowest BCUT2D eigenvalue weighted by Crippen LogP contribution is -2.54. The lowest BCUT2D eigenvalue weighted by atomic mass is 9.89. The first-order valence-electron chi connectivity index (χ1n) is 16.0. The third-order valence-electron chi connectivity index (χ3n) is 9.07. The second kappa shape index (κ2) is 14.5. The highest BCUT2D eigenvalue weighted by Crippen LogP contribution is 2.45. The summed E-state index contributed by atoms with van der Waals surface area (Å²) in [5, 5.41) is 15.1. The Kier molecular flexibility index (Phi) is 11.3. The lowest BCUT2D eigenvalue weighted by molar-refractivity contribution is -0.145. The van der Waals surface area contributed by atoms with Crippen LogP contribution in [0.25, 0.3) is 0 Å². The van der Waals surface area contributed by atoms with Crippen LogP contribution in [0.1, 0.15) is 85.5 Å². The highest BCUT2D eigenvalue weighted by atomic mass is 32.2. The first kappa shape index (κ1) is 35.3. The molecule has 0 bridgehead atoms. The van der Waals surface area contributed by atoms with Crippen LogP contribution < -0.4 is 10.6 Å². The van der Waals surface area contributed by atoms with Gasteiger partial charge in [0.25, 0.3) is 0 Å². The number of thioether (sulfide) groups is 1. The van der Waals surface area contributed by atoms with Crippen LogP contribution in [-0.2, 0) is 29.1 Å². The van der Waals surface area contributed by atoms with Crippen LogP contribution in [0, 0.1) is 11.3 Å². The summed E-state index contributed by atoms with van der Waals surface area (Å²) >= 11 is 1.54. The van der Waals surface area contributed by atoms with E-state index in [2.05, 4.69) is 17.6 Å². The maximum atomic E-state index is 13.2. The van der Waals surface area contributed by atoms with Gasteiger partial charge in [-0.2, -0.15) is 4.31 Å². The van der Waals surface area contributed by atoms with Crippen molar-refractivity contribution in [3.8, 4) is 0 Å². The molecule has 1 aliphatic carbocycles. The molecule has 2 unspecified atom stereocenters. The van der Waals surface area contributed by atoms with Crippen molar-refractivity contribution >= 4 is 45.7 Å². The Bertz CT molecular complexity index is 1320. The van der Waals surface area contributed by atoms with E-state index < -0.39 is 63.5 Å². The van der Waals surface area contributed by atoms with Crippen LogP contribution in [0.15, 0.2) is 22.0 Å². The van der Waals surface area contributed by atoms with Crippen LogP contribution in [0.5, 0.6) is 0 Å². The molecule has 2 fully saturated rings. The lowest BCUT2D eigenvalue weighted by Gasteiger charge is -2.33. The van der Waals surface area contributed by atoms with Gasteiger partial charge in [0.2, 0.25) is 21.8 Å². The fourth-order valence-electron chi connectivity index (χ4n) is 6.10. The molecule has 1 saturated heterocycles. The molecule has 45 heavy (non-hydrogen) atoms. The van der Waals surface area contributed by atoms with Gasteiger partial charge in [-0.15, -0.1) is 11.8 Å². The van der Waals surface area contributed by atoms with E-state index in [1.165, 1.54) is 15.6 Å². The van der Waals surface area contributed by atoms with Gasteiger partial charge < -0.3 is 25.4 Å². The van der Waals surface area contributed by atoms with Gasteiger partial charge >= 0.3 is 12.1 Å². The molecule has 3 heterocycles. The van der Waals surface area contributed by atoms with E-state index in [0.717, 1.165) is 36.3 Å². The maximum absolute atomic E-state index is 13.2. The summed E-state index contributed by atoms with van der Waals surface area (Å²) in [5.41, 5.74) is -1.95. The number of sulfonamides is 1. The summed E-state index contributed by atoms with van der Waals surface area (Å²) in [6, 6.07) is -0.833. The summed E-state index contributed by atoms with van der Waals surface area (Å²) < 4.78 is 33.0. The summed E-state index contributed by atoms with van der Waals surface area (Å²) in [6.45, 7) is 7.85. The molecule has 0 aromatic rings. The molecule has 0 radical (unpaired) electrons. The predicted molar refractivity (Wildman–Crippen MR) is 172 cm³/mol. The minimum Gasteiger partial charge on any atom is -0.479 e. The predicted octanol–water partition coefficient (Wildman–Crippen LogP) is 3.60. The average molecular weight is 669 g/mol. The maximum Gasteiger partial charge on any atom is 0.407 e. The SMILES string of the molecule is CCCCCC/C=C\C1C[C@]1(NC(=O)[C@@H]1CCCN1C(=O)CNC(=O)OC(CN1CC2=C(CCS2)S1(=O)=O)C(C)(C)C)C(=O)O. The number of rotatable bonds is 14. The number of amides is 3. The molecule has 0 aromatic heterocycles. The zero-order valence-electron chi connectivity index (χ0n) is 26.8. The number of ether oxygens (including phenoxy) is 1. The van der Waals surface area contributed by atoms with Crippen molar-refractivity contribution in [2.75, 3.05) is 31.9 Å². The standard InChI is InChI=1S/C31H48N4O8S2/c1-5-6-7-8-9-10-12-21-17-31(21,28(38)39)33-27(37)22-13-11-15-35(22)26(36)18-32-29(40)43-25(30(2,3)4)20-34-19-23-24(14-16-44-23)45(34,41)42/h10,12,21-22,25H,5-9,11,13-20H2,1-4H3,(H,32,40)(H,33,37)(H,38,39)/b12-10-/t21?,22-,25?,31+/m0/s1. The summed E-state index contributed by atoms with van der Waals surface area (Å²) in [4.78, 5) is 53.9. The Labute approximate surface area is 270 Å². The highest BCUT2D eigenvalue weighted by molar-refractivity contribution is 8.05. The molecule has 12 nitrogen and oxygen atoms in total. The van der Waals surface area contributed by atoms with Crippen molar-refractivity contribution < 1.29 is 37.4 Å². The molecule has 4 rings (SSSR count). The van der Waals surface area contributed by atoms with E-state index in [4.69, 9.17) is 4.74 Å². The fourth-order valence-corrected chi connectivity index (χ4v) is 9.53. The summed E-state index contributed by atoms with van der Waals surface area (Å²) in [5.74, 6) is -1.63. The monoisotopic (exact) mass is 668 g/mol. The van der Waals surface area contributed by atoms with Gasteiger partial charge in [-0.25, -0.2) is 18.0 Å². The number of nitrogens with zero attached hydrogens (tertiary/aromatic N) is 2. The average Bonchev–Trinajstić information content (AvgIpc) is 3.31. The van der Waals surface area contributed by atoms with Gasteiger partial charge in [-0.3, -0.25) is 9.59 Å². The largest absolute Gasteiger partial charge is 0.479 e. The molecule has 252 valence electrons. The molecule has 0 spiro atoms. The Hall–Kier alpha value is -2.58. The number of nitrogens with one attached hydrogen (secondary N) is 2. The minimum atomic E-state index is -3.59. The number of aliphatic carboxylic acids is 1. The van der Waals surface area contributed by atoms with E-state index in [1.54, 1.807) is 11.8 Å². The third-order valence-corrected chi connectivity index (χ3v) is 12.4. The number of carboxylic acid groups (broad SMARTS) is 1. The number of likely N-dealkylation sites (tertiary alicyclic amines) is 1. The number of unbranched alkanes of at least 4 members (excludes halogenated alkanes) is 4. The number of hydrogen-bond donors (Lipinski definition) is 3. The zero-order valence-corrected chi connectivity index (χ0v) is 28.4. The van der Waals surface area contributed by atoms with Gasteiger partial charge in [-0.1, -0.05) is 59.1 Å². The Morgan fingerprint density at radius 1 is 1.20 bits per heavy atom. The van der Waals surface area contributed by atoms with E-state index >= 15 is 0 Å². The van der Waals surface area contributed by atoms with Crippen LogP contribution in [-0.4, -0.2) is 96.2 Å². The van der Waals surface area contributed by atoms with Crippen molar-refractivity contribution in [1.82, 2.24) is 19.8 Å². The van der Waals surface area contributed by atoms with Crippen LogP contribution in [0.3, 0.4) is 0 Å². The number of carbonyl (C=O) groups excluding carboxylic acids is 3.